The second kappa shape index (κ2) is 8.57. The summed E-state index contributed by atoms with van der Waals surface area (Å²) in [7, 11) is -4.02. The number of nitrogens with one attached hydrogen (secondary N) is 1. The molecule has 0 aliphatic heterocycles. The van der Waals surface area contributed by atoms with Gasteiger partial charge in [-0.2, -0.15) is 0 Å². The normalized spacial score (nSPS) is 17.5. The van der Waals surface area contributed by atoms with E-state index in [0.29, 0.717) is 0 Å². The van der Waals surface area contributed by atoms with Crippen molar-refractivity contribution in [3.8, 4) is 0 Å². The van der Waals surface area contributed by atoms with Crippen molar-refractivity contribution in [1.82, 2.24) is 4.72 Å². The molecule has 1 aliphatic rings. The molecular formula is C16H23NO6S. The highest BCUT2D eigenvalue weighted by Gasteiger charge is 2.23. The molecule has 1 aliphatic carbocycles. The third-order valence-electron chi connectivity index (χ3n) is 3.99. The van der Waals surface area contributed by atoms with Crippen LogP contribution < -0.4 is 4.72 Å². The quantitative estimate of drug-likeness (QED) is 0.648. The topological polar surface area (TPSA) is 113 Å². The molecule has 3 N–H and O–H groups in total. The van der Waals surface area contributed by atoms with E-state index in [0.717, 1.165) is 25.7 Å². The Balaban J connectivity index is 1.89. The molecule has 0 aromatic heterocycles. The minimum Gasteiger partial charge on any atom is -0.478 e. The van der Waals surface area contributed by atoms with Gasteiger partial charge in [0.05, 0.1) is 29.3 Å². The van der Waals surface area contributed by atoms with Gasteiger partial charge >= 0.3 is 5.97 Å². The molecule has 1 aromatic carbocycles. The van der Waals surface area contributed by atoms with E-state index in [1.165, 1.54) is 30.7 Å². The van der Waals surface area contributed by atoms with Crippen LogP contribution in [0, 0.1) is 0 Å². The van der Waals surface area contributed by atoms with Crippen LogP contribution in [0.4, 0.5) is 0 Å². The second-order valence-corrected chi connectivity index (χ2v) is 7.64. The highest BCUT2D eigenvalue weighted by Crippen LogP contribution is 2.20. The first-order valence-electron chi connectivity index (χ1n) is 8.02. The molecule has 1 fully saturated rings. The number of ether oxygens (including phenoxy) is 1. The fourth-order valence-corrected chi connectivity index (χ4v) is 3.97. The number of aromatic carboxylic acids is 1. The largest absolute Gasteiger partial charge is 0.478 e. The van der Waals surface area contributed by atoms with Crippen molar-refractivity contribution in [2.24, 2.45) is 0 Å². The molecule has 7 nitrogen and oxygen atoms in total. The summed E-state index contributed by atoms with van der Waals surface area (Å²) in [5.74, 6) is -1.32. The zero-order chi connectivity index (χ0) is 17.6. The highest BCUT2D eigenvalue weighted by atomic mass is 32.2. The summed E-state index contributed by atoms with van der Waals surface area (Å²) in [6.07, 6.45) is 4.48. The van der Waals surface area contributed by atoms with Crippen LogP contribution in [0.5, 0.6) is 0 Å². The van der Waals surface area contributed by atoms with E-state index in [2.05, 4.69) is 4.72 Å². The third-order valence-corrected chi connectivity index (χ3v) is 5.47. The number of sulfonamides is 1. The molecule has 0 amide bonds. The zero-order valence-corrected chi connectivity index (χ0v) is 14.2. The van der Waals surface area contributed by atoms with Gasteiger partial charge in [-0.15, -0.1) is 0 Å². The molecule has 24 heavy (non-hydrogen) atoms. The number of hydrogen-bond donors (Lipinski definition) is 3. The van der Waals surface area contributed by atoms with Crippen LogP contribution in [-0.2, 0) is 14.8 Å². The maximum absolute atomic E-state index is 12.2. The van der Waals surface area contributed by atoms with E-state index in [1.54, 1.807) is 0 Å². The minimum absolute atomic E-state index is 0.0494. The van der Waals surface area contributed by atoms with E-state index in [1.807, 2.05) is 0 Å². The van der Waals surface area contributed by atoms with Crippen molar-refractivity contribution in [2.45, 2.75) is 49.2 Å². The molecule has 0 heterocycles. The van der Waals surface area contributed by atoms with Crippen molar-refractivity contribution in [2.75, 3.05) is 13.2 Å². The summed E-state index contributed by atoms with van der Waals surface area (Å²) in [5.41, 5.74) is -0.307. The standard InChI is InChI=1S/C16H23NO6S/c18-12(11-23-13-6-2-1-3-7-13)10-17-24(21,22)15-9-5-4-8-14(15)16(19)20/h4-5,8-9,12-13,17-18H,1-3,6-7,10-11H2,(H,19,20)/t12-/m1/s1. The molecule has 0 bridgehead atoms. The molecule has 0 unspecified atom stereocenters. The van der Waals surface area contributed by atoms with Crippen LogP contribution in [0.15, 0.2) is 29.2 Å². The Morgan fingerprint density at radius 1 is 1.25 bits per heavy atom. The molecular weight excluding hydrogens is 334 g/mol. The molecule has 2 rings (SSSR count). The summed E-state index contributed by atoms with van der Waals surface area (Å²) in [5, 5.41) is 19.0. The van der Waals surface area contributed by atoms with Gasteiger partial charge in [0.2, 0.25) is 10.0 Å². The lowest BCUT2D eigenvalue weighted by Gasteiger charge is -2.23. The maximum atomic E-state index is 12.2. The lowest BCUT2D eigenvalue weighted by molar-refractivity contribution is -0.0216. The summed E-state index contributed by atoms with van der Waals surface area (Å²) in [6, 6.07) is 5.34. The third kappa shape index (κ3) is 5.27. The van der Waals surface area contributed by atoms with Crippen LogP contribution in [0.1, 0.15) is 42.5 Å². The Bertz CT molecular complexity index is 654. The first-order chi connectivity index (χ1) is 11.4. The van der Waals surface area contributed by atoms with Gasteiger partial charge in [0, 0.05) is 6.54 Å². The van der Waals surface area contributed by atoms with Gasteiger partial charge in [-0.25, -0.2) is 17.9 Å². The molecule has 0 saturated heterocycles. The predicted molar refractivity (Wildman–Crippen MR) is 87.4 cm³/mol. The van der Waals surface area contributed by atoms with E-state index >= 15 is 0 Å². The first kappa shape index (κ1) is 18.9. The van der Waals surface area contributed by atoms with Crippen molar-refractivity contribution in [1.29, 1.82) is 0 Å². The number of hydrogen-bond acceptors (Lipinski definition) is 5. The molecule has 134 valence electrons. The van der Waals surface area contributed by atoms with E-state index in [9.17, 15) is 18.3 Å². The Morgan fingerprint density at radius 3 is 2.58 bits per heavy atom. The van der Waals surface area contributed by atoms with Gasteiger partial charge in [0.1, 0.15) is 0 Å². The smallest absolute Gasteiger partial charge is 0.337 e. The molecule has 0 radical (unpaired) electrons. The van der Waals surface area contributed by atoms with E-state index in [-0.39, 0.29) is 29.7 Å². The molecule has 8 heteroatoms. The average Bonchev–Trinajstić information content (AvgIpc) is 2.59. The first-order valence-corrected chi connectivity index (χ1v) is 9.50. The summed E-state index contributed by atoms with van der Waals surface area (Å²) in [4.78, 5) is 10.8. The van der Waals surface area contributed by atoms with E-state index in [4.69, 9.17) is 9.84 Å². The zero-order valence-electron chi connectivity index (χ0n) is 13.3. The van der Waals surface area contributed by atoms with Crippen molar-refractivity contribution in [3.63, 3.8) is 0 Å². The fraction of sp³-hybridized carbons (Fsp3) is 0.562. The number of carboxylic acids is 1. The average molecular weight is 357 g/mol. The number of benzene rings is 1. The summed E-state index contributed by atoms with van der Waals surface area (Å²) < 4.78 is 32.3. The Hall–Kier alpha value is -1.48. The van der Waals surface area contributed by atoms with Crippen LogP contribution in [0.2, 0.25) is 0 Å². The van der Waals surface area contributed by atoms with Crippen LogP contribution >= 0.6 is 0 Å². The predicted octanol–water partition coefficient (Wildman–Crippen LogP) is 1.37. The maximum Gasteiger partial charge on any atom is 0.337 e. The van der Waals surface area contributed by atoms with Crippen molar-refractivity contribution in [3.05, 3.63) is 29.8 Å². The van der Waals surface area contributed by atoms with Crippen molar-refractivity contribution >= 4 is 16.0 Å². The minimum atomic E-state index is -4.02. The Labute approximate surface area is 141 Å². The van der Waals surface area contributed by atoms with Gasteiger partial charge in [0.15, 0.2) is 0 Å². The van der Waals surface area contributed by atoms with E-state index < -0.39 is 22.1 Å². The molecule has 0 spiro atoms. The van der Waals surface area contributed by atoms with Crippen LogP contribution in [0.3, 0.4) is 0 Å². The number of carbonyl (C=O) groups is 1. The van der Waals surface area contributed by atoms with Gasteiger partial charge in [-0.05, 0) is 25.0 Å². The molecule has 1 saturated carbocycles. The monoisotopic (exact) mass is 357 g/mol. The fourth-order valence-electron chi connectivity index (χ4n) is 2.70. The molecule has 1 aromatic rings. The number of rotatable bonds is 8. The second-order valence-electron chi connectivity index (χ2n) is 5.90. The van der Waals surface area contributed by atoms with Gasteiger partial charge < -0.3 is 14.9 Å². The Morgan fingerprint density at radius 2 is 1.92 bits per heavy atom. The van der Waals surface area contributed by atoms with Crippen molar-refractivity contribution < 1.29 is 28.2 Å². The van der Waals surface area contributed by atoms with Crippen LogP contribution in [0.25, 0.3) is 0 Å². The van der Waals surface area contributed by atoms with Gasteiger partial charge in [0.25, 0.3) is 0 Å². The van der Waals surface area contributed by atoms with Gasteiger partial charge in [-0.1, -0.05) is 31.4 Å². The summed E-state index contributed by atoms with van der Waals surface area (Å²) >= 11 is 0. The number of aliphatic hydroxyl groups excluding tert-OH is 1. The number of aliphatic hydroxyl groups is 1. The van der Waals surface area contributed by atoms with Gasteiger partial charge in [-0.3, -0.25) is 0 Å². The lowest BCUT2D eigenvalue weighted by Crippen LogP contribution is -2.36. The Kier molecular flexibility index (Phi) is 6.73. The highest BCUT2D eigenvalue weighted by molar-refractivity contribution is 7.89. The summed E-state index contributed by atoms with van der Waals surface area (Å²) in [6.45, 7) is -0.184. The lowest BCUT2D eigenvalue weighted by atomic mass is 9.98. The van der Waals surface area contributed by atoms with Crippen LogP contribution in [-0.4, -0.2) is 50.0 Å². The molecule has 1 atom stereocenters. The number of carboxylic acid groups (broad SMARTS) is 1. The SMILES string of the molecule is O=C(O)c1ccccc1S(=O)(=O)NC[C@@H](O)COC1CCCCC1.